The molecule has 1 aromatic rings. The second kappa shape index (κ2) is 5.63. The van der Waals surface area contributed by atoms with Gasteiger partial charge < -0.3 is 9.64 Å². The van der Waals surface area contributed by atoms with Crippen LogP contribution in [0.25, 0.3) is 0 Å². The first-order valence-corrected chi connectivity index (χ1v) is 6.39. The summed E-state index contributed by atoms with van der Waals surface area (Å²) < 4.78 is 5.40. The van der Waals surface area contributed by atoms with Crippen molar-refractivity contribution in [1.82, 2.24) is 0 Å². The molecular formula is C14H22ClNO. The van der Waals surface area contributed by atoms with E-state index < -0.39 is 0 Å². The summed E-state index contributed by atoms with van der Waals surface area (Å²) in [6.45, 7) is 7.44. The van der Waals surface area contributed by atoms with Gasteiger partial charge in [0.1, 0.15) is 5.75 Å². The lowest BCUT2D eigenvalue weighted by molar-refractivity contribution is 0.414. The topological polar surface area (TPSA) is 12.5 Å². The standard InChI is InChI=1S/C14H22ClNO/c1-14(2,3)11-6-7-13(17-5)12(10-11)16(4)9-8-15/h6-7,10H,8-9H2,1-5H3. The summed E-state index contributed by atoms with van der Waals surface area (Å²) in [5.41, 5.74) is 2.54. The summed E-state index contributed by atoms with van der Waals surface area (Å²) in [6, 6.07) is 6.34. The number of alkyl halides is 1. The quantitative estimate of drug-likeness (QED) is 0.762. The van der Waals surface area contributed by atoms with Crippen molar-refractivity contribution in [2.45, 2.75) is 26.2 Å². The fourth-order valence-corrected chi connectivity index (χ4v) is 1.96. The number of methoxy groups -OCH3 is 1. The van der Waals surface area contributed by atoms with Crippen molar-refractivity contribution in [1.29, 1.82) is 0 Å². The Balaban J connectivity index is 3.15. The van der Waals surface area contributed by atoms with E-state index in [1.54, 1.807) is 7.11 Å². The highest BCUT2D eigenvalue weighted by atomic mass is 35.5. The smallest absolute Gasteiger partial charge is 0.142 e. The number of anilines is 1. The Morgan fingerprint density at radius 3 is 2.41 bits per heavy atom. The molecule has 17 heavy (non-hydrogen) atoms. The van der Waals surface area contributed by atoms with Gasteiger partial charge in [-0.25, -0.2) is 0 Å². The monoisotopic (exact) mass is 255 g/mol. The van der Waals surface area contributed by atoms with E-state index in [4.69, 9.17) is 16.3 Å². The lowest BCUT2D eigenvalue weighted by atomic mass is 9.86. The van der Waals surface area contributed by atoms with E-state index in [9.17, 15) is 0 Å². The van der Waals surface area contributed by atoms with E-state index in [0.717, 1.165) is 18.0 Å². The second-order valence-electron chi connectivity index (χ2n) is 5.25. The Hall–Kier alpha value is -0.890. The van der Waals surface area contributed by atoms with Crippen molar-refractivity contribution in [3.05, 3.63) is 23.8 Å². The zero-order valence-electron chi connectivity index (χ0n) is 11.4. The van der Waals surface area contributed by atoms with E-state index in [1.165, 1.54) is 5.56 Å². The highest BCUT2D eigenvalue weighted by Crippen LogP contribution is 2.33. The van der Waals surface area contributed by atoms with Crippen LogP contribution >= 0.6 is 11.6 Å². The molecule has 0 amide bonds. The van der Waals surface area contributed by atoms with Gasteiger partial charge in [-0.3, -0.25) is 0 Å². The summed E-state index contributed by atoms with van der Waals surface area (Å²) in [5, 5.41) is 0. The minimum absolute atomic E-state index is 0.142. The average Bonchev–Trinajstić information content (AvgIpc) is 2.27. The molecule has 0 aliphatic heterocycles. The van der Waals surface area contributed by atoms with Crippen LogP contribution in [-0.4, -0.2) is 26.6 Å². The number of hydrogen-bond acceptors (Lipinski definition) is 2. The molecule has 0 bridgehead atoms. The molecule has 0 saturated heterocycles. The van der Waals surface area contributed by atoms with E-state index >= 15 is 0 Å². The lowest BCUT2D eigenvalue weighted by Crippen LogP contribution is -2.21. The molecule has 96 valence electrons. The molecule has 0 saturated carbocycles. The van der Waals surface area contributed by atoms with Crippen molar-refractivity contribution >= 4 is 17.3 Å². The predicted molar refractivity (Wildman–Crippen MR) is 75.7 cm³/mol. The second-order valence-corrected chi connectivity index (χ2v) is 5.63. The van der Waals surface area contributed by atoms with Crippen LogP contribution in [0.2, 0.25) is 0 Å². The van der Waals surface area contributed by atoms with Crippen molar-refractivity contribution in [3.8, 4) is 5.75 Å². The molecule has 0 radical (unpaired) electrons. The van der Waals surface area contributed by atoms with E-state index in [-0.39, 0.29) is 5.41 Å². The van der Waals surface area contributed by atoms with Gasteiger partial charge in [0, 0.05) is 19.5 Å². The third-order valence-electron chi connectivity index (χ3n) is 2.88. The van der Waals surface area contributed by atoms with Crippen LogP contribution in [0.15, 0.2) is 18.2 Å². The summed E-state index contributed by atoms with van der Waals surface area (Å²) in [5.74, 6) is 1.50. The SMILES string of the molecule is COc1ccc(C(C)(C)C)cc1N(C)CCCl. The number of rotatable bonds is 4. The molecular weight excluding hydrogens is 234 g/mol. The average molecular weight is 256 g/mol. The number of nitrogens with zero attached hydrogens (tertiary/aromatic N) is 1. The maximum atomic E-state index is 5.79. The molecule has 0 aromatic heterocycles. The van der Waals surface area contributed by atoms with Crippen LogP contribution in [0.4, 0.5) is 5.69 Å². The summed E-state index contributed by atoms with van der Waals surface area (Å²) in [6.07, 6.45) is 0. The molecule has 0 atom stereocenters. The minimum atomic E-state index is 0.142. The Kier molecular flexibility index (Phi) is 4.70. The van der Waals surface area contributed by atoms with Gasteiger partial charge in [-0.15, -0.1) is 11.6 Å². The number of halogens is 1. The molecule has 0 aliphatic carbocycles. The fourth-order valence-electron chi connectivity index (χ4n) is 1.70. The molecule has 0 spiro atoms. The molecule has 1 rings (SSSR count). The molecule has 1 aromatic carbocycles. The van der Waals surface area contributed by atoms with E-state index in [1.807, 2.05) is 13.1 Å². The van der Waals surface area contributed by atoms with Gasteiger partial charge >= 0.3 is 0 Å². The Bertz CT molecular complexity index is 371. The summed E-state index contributed by atoms with van der Waals surface area (Å²) >= 11 is 5.79. The van der Waals surface area contributed by atoms with Gasteiger partial charge in [-0.2, -0.15) is 0 Å². The summed E-state index contributed by atoms with van der Waals surface area (Å²) in [4.78, 5) is 2.13. The minimum Gasteiger partial charge on any atom is -0.495 e. The van der Waals surface area contributed by atoms with E-state index in [0.29, 0.717) is 5.88 Å². The molecule has 0 fully saturated rings. The van der Waals surface area contributed by atoms with Crippen molar-refractivity contribution in [2.24, 2.45) is 0 Å². The van der Waals surface area contributed by atoms with Gasteiger partial charge in [0.15, 0.2) is 0 Å². The fraction of sp³-hybridized carbons (Fsp3) is 0.571. The number of benzene rings is 1. The molecule has 0 N–H and O–H groups in total. The Morgan fingerprint density at radius 2 is 1.94 bits per heavy atom. The first kappa shape index (κ1) is 14.2. The molecule has 0 heterocycles. The van der Waals surface area contributed by atoms with Crippen LogP contribution in [0.3, 0.4) is 0 Å². The zero-order chi connectivity index (χ0) is 13.1. The van der Waals surface area contributed by atoms with Gasteiger partial charge in [0.25, 0.3) is 0 Å². The first-order valence-electron chi connectivity index (χ1n) is 5.85. The van der Waals surface area contributed by atoms with Gasteiger partial charge in [0.05, 0.1) is 12.8 Å². The zero-order valence-corrected chi connectivity index (χ0v) is 12.1. The maximum absolute atomic E-state index is 5.79. The van der Waals surface area contributed by atoms with Crippen LogP contribution in [0.1, 0.15) is 26.3 Å². The van der Waals surface area contributed by atoms with E-state index in [2.05, 4.69) is 37.8 Å². The van der Waals surface area contributed by atoms with Crippen molar-refractivity contribution in [3.63, 3.8) is 0 Å². The Labute approximate surface area is 110 Å². The van der Waals surface area contributed by atoms with Crippen molar-refractivity contribution < 1.29 is 4.74 Å². The normalized spacial score (nSPS) is 11.4. The third-order valence-corrected chi connectivity index (χ3v) is 3.05. The number of ether oxygens (including phenoxy) is 1. The van der Waals surface area contributed by atoms with Crippen LogP contribution in [-0.2, 0) is 5.41 Å². The van der Waals surface area contributed by atoms with Crippen LogP contribution in [0.5, 0.6) is 5.75 Å². The van der Waals surface area contributed by atoms with Crippen molar-refractivity contribution in [2.75, 3.05) is 31.5 Å². The lowest BCUT2D eigenvalue weighted by Gasteiger charge is -2.25. The van der Waals surface area contributed by atoms with Gasteiger partial charge in [0.2, 0.25) is 0 Å². The number of hydrogen-bond donors (Lipinski definition) is 0. The predicted octanol–water partition coefficient (Wildman–Crippen LogP) is 3.67. The summed E-state index contributed by atoms with van der Waals surface area (Å²) in [7, 11) is 3.73. The largest absolute Gasteiger partial charge is 0.495 e. The highest BCUT2D eigenvalue weighted by Gasteiger charge is 2.17. The molecule has 0 aliphatic rings. The Morgan fingerprint density at radius 1 is 1.29 bits per heavy atom. The third kappa shape index (κ3) is 3.53. The molecule has 0 unspecified atom stereocenters. The van der Waals surface area contributed by atoms with Crippen LogP contribution in [0, 0.1) is 0 Å². The molecule has 3 heteroatoms. The molecule has 2 nitrogen and oxygen atoms in total. The van der Waals surface area contributed by atoms with Crippen LogP contribution < -0.4 is 9.64 Å². The maximum Gasteiger partial charge on any atom is 0.142 e. The highest BCUT2D eigenvalue weighted by molar-refractivity contribution is 6.18. The van der Waals surface area contributed by atoms with Gasteiger partial charge in [-0.05, 0) is 23.1 Å². The first-order chi connectivity index (χ1) is 7.90. The van der Waals surface area contributed by atoms with Gasteiger partial charge in [-0.1, -0.05) is 26.8 Å².